The average Bonchev–Trinajstić information content (AvgIpc) is 2.38. The Balaban J connectivity index is 2.20. The fourth-order valence-corrected chi connectivity index (χ4v) is 2.00. The van der Waals surface area contributed by atoms with Gasteiger partial charge in [0.25, 0.3) is 5.69 Å². The number of non-ortho nitro benzene ring substituents is 1. The Morgan fingerprint density at radius 3 is 2.26 bits per heavy atom. The van der Waals surface area contributed by atoms with Crippen LogP contribution in [0.2, 0.25) is 10.0 Å². The van der Waals surface area contributed by atoms with Crippen molar-refractivity contribution in [3.63, 3.8) is 0 Å². The molecule has 0 spiro atoms. The van der Waals surface area contributed by atoms with Gasteiger partial charge in [0.2, 0.25) is 0 Å². The highest BCUT2D eigenvalue weighted by molar-refractivity contribution is 6.35. The van der Waals surface area contributed by atoms with Crippen LogP contribution in [0, 0.1) is 10.1 Å². The molecule has 0 aromatic heterocycles. The van der Waals surface area contributed by atoms with Gasteiger partial charge in [0, 0.05) is 22.2 Å². The van der Waals surface area contributed by atoms with E-state index in [4.69, 9.17) is 23.2 Å². The van der Waals surface area contributed by atoms with Crippen LogP contribution < -0.4 is 0 Å². The van der Waals surface area contributed by atoms with Crippen molar-refractivity contribution in [1.29, 1.82) is 0 Å². The smallest absolute Gasteiger partial charge is 0.258 e. The van der Waals surface area contributed by atoms with Crippen LogP contribution in [0.25, 0.3) is 12.2 Å². The van der Waals surface area contributed by atoms with Gasteiger partial charge in [-0.15, -0.1) is 0 Å². The first-order valence-corrected chi connectivity index (χ1v) is 6.19. The number of hydrogen-bond donors (Lipinski definition) is 0. The fourth-order valence-electron chi connectivity index (χ4n) is 1.53. The number of halogens is 2. The van der Waals surface area contributed by atoms with Crippen molar-refractivity contribution in [3.8, 4) is 0 Å². The van der Waals surface area contributed by atoms with E-state index in [1.165, 1.54) is 12.1 Å². The third kappa shape index (κ3) is 3.56. The maximum atomic E-state index is 10.5. The lowest BCUT2D eigenvalue weighted by Crippen LogP contribution is -1.86. The number of nitrogens with zero attached hydrogens (tertiary/aromatic N) is 1. The van der Waals surface area contributed by atoms with Crippen LogP contribution in [0.1, 0.15) is 11.1 Å². The van der Waals surface area contributed by atoms with Gasteiger partial charge < -0.3 is 0 Å². The van der Waals surface area contributed by atoms with Crippen molar-refractivity contribution in [3.05, 3.63) is 73.8 Å². The van der Waals surface area contributed by atoms with Crippen molar-refractivity contribution in [2.24, 2.45) is 0 Å². The topological polar surface area (TPSA) is 43.1 Å². The zero-order valence-corrected chi connectivity index (χ0v) is 11.2. The lowest BCUT2D eigenvalue weighted by Gasteiger charge is -1.99. The Morgan fingerprint density at radius 1 is 1.00 bits per heavy atom. The van der Waals surface area contributed by atoms with Crippen LogP contribution in [0.5, 0.6) is 0 Å². The first-order valence-electron chi connectivity index (χ1n) is 5.44. The molecule has 0 aliphatic heterocycles. The van der Waals surface area contributed by atoms with Gasteiger partial charge in [0.1, 0.15) is 0 Å². The first kappa shape index (κ1) is 13.6. The van der Waals surface area contributed by atoms with E-state index in [2.05, 4.69) is 0 Å². The third-order valence-electron chi connectivity index (χ3n) is 2.52. The molecule has 0 amide bonds. The Bertz CT molecular complexity index is 636. The van der Waals surface area contributed by atoms with Crippen LogP contribution in [-0.4, -0.2) is 4.92 Å². The molecular weight excluding hydrogens is 285 g/mol. The van der Waals surface area contributed by atoms with Gasteiger partial charge in [0.15, 0.2) is 0 Å². The quantitative estimate of drug-likeness (QED) is 0.450. The Morgan fingerprint density at radius 2 is 1.68 bits per heavy atom. The van der Waals surface area contributed by atoms with E-state index in [0.717, 1.165) is 11.1 Å². The molecule has 0 aliphatic rings. The van der Waals surface area contributed by atoms with Gasteiger partial charge in [-0.3, -0.25) is 10.1 Å². The molecule has 0 saturated heterocycles. The molecule has 5 heteroatoms. The van der Waals surface area contributed by atoms with Crippen molar-refractivity contribution in [1.82, 2.24) is 0 Å². The summed E-state index contributed by atoms with van der Waals surface area (Å²) in [7, 11) is 0. The van der Waals surface area contributed by atoms with Gasteiger partial charge in [0.05, 0.1) is 4.92 Å². The number of rotatable bonds is 3. The second-order valence-electron chi connectivity index (χ2n) is 3.85. The fraction of sp³-hybridized carbons (Fsp3) is 0. The van der Waals surface area contributed by atoms with Gasteiger partial charge in [-0.25, -0.2) is 0 Å². The monoisotopic (exact) mass is 293 g/mol. The number of nitro benzene ring substituents is 1. The molecule has 0 atom stereocenters. The predicted molar refractivity (Wildman–Crippen MR) is 78.5 cm³/mol. The molecule has 0 fully saturated rings. The molecule has 0 heterocycles. The van der Waals surface area contributed by atoms with E-state index in [9.17, 15) is 10.1 Å². The lowest BCUT2D eigenvalue weighted by atomic mass is 10.1. The van der Waals surface area contributed by atoms with Crippen molar-refractivity contribution >= 4 is 41.0 Å². The molecule has 3 nitrogen and oxygen atoms in total. The number of hydrogen-bond acceptors (Lipinski definition) is 2. The highest BCUT2D eigenvalue weighted by Crippen LogP contribution is 2.23. The summed E-state index contributed by atoms with van der Waals surface area (Å²) in [4.78, 5) is 10.1. The molecule has 0 radical (unpaired) electrons. The summed E-state index contributed by atoms with van der Waals surface area (Å²) in [5.74, 6) is 0. The summed E-state index contributed by atoms with van der Waals surface area (Å²) in [5, 5.41) is 11.7. The van der Waals surface area contributed by atoms with E-state index in [1.54, 1.807) is 24.3 Å². The zero-order chi connectivity index (χ0) is 13.8. The molecule has 96 valence electrons. The molecule has 0 saturated carbocycles. The molecule has 0 N–H and O–H groups in total. The summed E-state index contributed by atoms with van der Waals surface area (Å²) >= 11 is 11.8. The summed E-state index contributed by atoms with van der Waals surface area (Å²) < 4.78 is 0. The van der Waals surface area contributed by atoms with Crippen molar-refractivity contribution in [2.75, 3.05) is 0 Å². The highest BCUT2D eigenvalue weighted by Gasteiger charge is 2.02. The van der Waals surface area contributed by atoms with E-state index < -0.39 is 4.92 Å². The summed E-state index contributed by atoms with van der Waals surface area (Å²) in [5.41, 5.74) is 1.77. The maximum absolute atomic E-state index is 10.5. The maximum Gasteiger partial charge on any atom is 0.269 e. The Labute approximate surface area is 120 Å². The van der Waals surface area contributed by atoms with Gasteiger partial charge in [-0.1, -0.05) is 41.4 Å². The average molecular weight is 294 g/mol. The third-order valence-corrected chi connectivity index (χ3v) is 3.08. The second-order valence-corrected chi connectivity index (χ2v) is 4.69. The molecule has 2 aromatic rings. The van der Waals surface area contributed by atoms with E-state index >= 15 is 0 Å². The first-order chi connectivity index (χ1) is 9.06. The lowest BCUT2D eigenvalue weighted by molar-refractivity contribution is -0.384. The highest BCUT2D eigenvalue weighted by atomic mass is 35.5. The number of benzene rings is 2. The van der Waals surface area contributed by atoms with E-state index in [0.29, 0.717) is 10.0 Å². The van der Waals surface area contributed by atoms with Gasteiger partial charge >= 0.3 is 0 Å². The predicted octanol–water partition coefficient (Wildman–Crippen LogP) is 5.07. The molecule has 2 aromatic carbocycles. The second kappa shape index (κ2) is 5.87. The minimum absolute atomic E-state index is 0.0710. The zero-order valence-electron chi connectivity index (χ0n) is 9.72. The molecule has 0 aliphatic carbocycles. The molecule has 0 bridgehead atoms. The van der Waals surface area contributed by atoms with Crippen LogP contribution in [0.3, 0.4) is 0 Å². The van der Waals surface area contributed by atoms with Gasteiger partial charge in [-0.05, 0) is 35.4 Å². The summed E-state index contributed by atoms with van der Waals surface area (Å²) in [6.07, 6.45) is 3.67. The van der Waals surface area contributed by atoms with Crippen LogP contribution >= 0.6 is 23.2 Å². The minimum Gasteiger partial charge on any atom is -0.258 e. The van der Waals surface area contributed by atoms with Crippen molar-refractivity contribution in [2.45, 2.75) is 0 Å². The van der Waals surface area contributed by atoms with Crippen LogP contribution in [0.4, 0.5) is 5.69 Å². The molecule has 19 heavy (non-hydrogen) atoms. The largest absolute Gasteiger partial charge is 0.269 e. The summed E-state index contributed by atoms with van der Waals surface area (Å²) in [6, 6.07) is 11.5. The number of nitro groups is 1. The molecule has 2 rings (SSSR count). The molecule has 0 unspecified atom stereocenters. The normalized spacial score (nSPS) is 10.8. The summed E-state index contributed by atoms with van der Waals surface area (Å²) in [6.45, 7) is 0. The van der Waals surface area contributed by atoms with Gasteiger partial charge in [-0.2, -0.15) is 0 Å². The van der Waals surface area contributed by atoms with E-state index in [1.807, 2.05) is 18.2 Å². The van der Waals surface area contributed by atoms with E-state index in [-0.39, 0.29) is 5.69 Å². The minimum atomic E-state index is -0.427. The molecular formula is C14H9Cl2NO2. The Hall–Kier alpha value is -1.84. The van der Waals surface area contributed by atoms with Crippen LogP contribution in [0.15, 0.2) is 42.5 Å². The standard InChI is InChI=1S/C14H9Cl2NO2/c15-12-6-5-11(14(16)9-12)4-1-10-2-7-13(8-3-10)17(18)19/h1-9H/b4-1-. The van der Waals surface area contributed by atoms with Crippen molar-refractivity contribution < 1.29 is 4.92 Å². The Kier molecular flexibility index (Phi) is 4.20. The SMILES string of the molecule is O=[N+]([O-])c1ccc(/C=C\c2ccc(Cl)cc2Cl)cc1. The van der Waals surface area contributed by atoms with Crippen LogP contribution in [-0.2, 0) is 0 Å².